The van der Waals surface area contributed by atoms with Gasteiger partial charge in [0.1, 0.15) is 5.69 Å². The molecule has 0 spiro atoms. The van der Waals surface area contributed by atoms with E-state index in [1.54, 1.807) is 6.07 Å². The number of aromatic nitrogens is 1. The first kappa shape index (κ1) is 14.1. The standard InChI is InChI=1S/C13H12BrF3N2/c1-5-4-8-9(6(2)10(5)14)11(18)7(3)12(19-8)13(15,16)17/h4H,1-3H3,(H2,18,19). The number of halogens is 4. The average molecular weight is 333 g/mol. The molecular weight excluding hydrogens is 321 g/mol. The minimum absolute atomic E-state index is 0.0288. The molecule has 1 aromatic heterocycles. The van der Waals surface area contributed by atoms with Crippen molar-refractivity contribution in [3.8, 4) is 0 Å². The van der Waals surface area contributed by atoms with E-state index in [0.717, 1.165) is 15.6 Å². The van der Waals surface area contributed by atoms with Crippen molar-refractivity contribution < 1.29 is 13.2 Å². The van der Waals surface area contributed by atoms with E-state index in [-0.39, 0.29) is 16.8 Å². The van der Waals surface area contributed by atoms with Gasteiger partial charge < -0.3 is 5.73 Å². The number of nitrogens with two attached hydrogens (primary N) is 1. The number of anilines is 1. The Labute approximate surface area is 116 Å². The van der Waals surface area contributed by atoms with E-state index in [1.807, 2.05) is 13.8 Å². The van der Waals surface area contributed by atoms with Gasteiger partial charge in [0, 0.05) is 21.1 Å². The molecule has 0 radical (unpaired) electrons. The minimum atomic E-state index is -4.50. The van der Waals surface area contributed by atoms with Crippen LogP contribution in [0, 0.1) is 20.8 Å². The van der Waals surface area contributed by atoms with Crippen LogP contribution in [0.4, 0.5) is 18.9 Å². The van der Waals surface area contributed by atoms with Gasteiger partial charge in [0.05, 0.1) is 5.52 Å². The Morgan fingerprint density at radius 1 is 1.16 bits per heavy atom. The van der Waals surface area contributed by atoms with Crippen molar-refractivity contribution in [2.75, 3.05) is 5.73 Å². The molecule has 2 aromatic rings. The Hall–Kier alpha value is -1.30. The third-order valence-electron chi connectivity index (χ3n) is 3.19. The van der Waals surface area contributed by atoms with Gasteiger partial charge in [-0.05, 0) is 38.0 Å². The van der Waals surface area contributed by atoms with Crippen molar-refractivity contribution in [1.82, 2.24) is 4.98 Å². The van der Waals surface area contributed by atoms with E-state index >= 15 is 0 Å². The Bertz CT molecular complexity index is 678. The van der Waals surface area contributed by atoms with Crippen LogP contribution in [0.1, 0.15) is 22.4 Å². The first-order valence-electron chi connectivity index (χ1n) is 5.57. The van der Waals surface area contributed by atoms with E-state index in [2.05, 4.69) is 20.9 Å². The maximum Gasteiger partial charge on any atom is 0.433 e. The van der Waals surface area contributed by atoms with Gasteiger partial charge in [0.2, 0.25) is 0 Å². The van der Waals surface area contributed by atoms with Crippen LogP contribution < -0.4 is 5.73 Å². The summed E-state index contributed by atoms with van der Waals surface area (Å²) >= 11 is 3.41. The Morgan fingerprint density at radius 3 is 2.26 bits per heavy atom. The van der Waals surface area contributed by atoms with Crippen LogP contribution in [0.25, 0.3) is 10.9 Å². The molecule has 2 N–H and O–H groups in total. The molecule has 0 saturated heterocycles. The van der Waals surface area contributed by atoms with Crippen molar-refractivity contribution in [3.05, 3.63) is 32.9 Å². The third-order valence-corrected chi connectivity index (χ3v) is 4.41. The van der Waals surface area contributed by atoms with Gasteiger partial charge in [-0.15, -0.1) is 0 Å². The molecule has 0 unspecified atom stereocenters. The Morgan fingerprint density at radius 2 is 1.74 bits per heavy atom. The van der Waals surface area contributed by atoms with Crippen LogP contribution in [0.2, 0.25) is 0 Å². The summed E-state index contributed by atoms with van der Waals surface area (Å²) in [7, 11) is 0. The summed E-state index contributed by atoms with van der Waals surface area (Å²) in [6, 6.07) is 1.61. The molecule has 2 nitrogen and oxygen atoms in total. The number of pyridine rings is 1. The predicted molar refractivity (Wildman–Crippen MR) is 73.1 cm³/mol. The lowest BCUT2D eigenvalue weighted by Crippen LogP contribution is -2.13. The molecule has 0 saturated carbocycles. The summed E-state index contributed by atoms with van der Waals surface area (Å²) in [6.45, 7) is 4.96. The van der Waals surface area contributed by atoms with Gasteiger partial charge in [-0.2, -0.15) is 13.2 Å². The third kappa shape index (κ3) is 2.18. The van der Waals surface area contributed by atoms with Crippen molar-refractivity contribution in [3.63, 3.8) is 0 Å². The second kappa shape index (κ2) is 4.37. The van der Waals surface area contributed by atoms with Gasteiger partial charge in [0.15, 0.2) is 0 Å². The van der Waals surface area contributed by atoms with Crippen molar-refractivity contribution in [2.45, 2.75) is 26.9 Å². The molecule has 0 bridgehead atoms. The zero-order valence-corrected chi connectivity index (χ0v) is 12.2. The zero-order chi connectivity index (χ0) is 14.5. The highest BCUT2D eigenvalue weighted by atomic mass is 79.9. The van der Waals surface area contributed by atoms with Crippen molar-refractivity contribution in [2.24, 2.45) is 0 Å². The van der Waals surface area contributed by atoms with Crippen molar-refractivity contribution in [1.29, 1.82) is 0 Å². The highest BCUT2D eigenvalue weighted by Crippen LogP contribution is 2.39. The number of aryl methyl sites for hydroxylation is 2. The lowest BCUT2D eigenvalue weighted by atomic mass is 10.0. The second-order valence-electron chi connectivity index (χ2n) is 4.52. The fourth-order valence-electron chi connectivity index (χ4n) is 2.16. The highest BCUT2D eigenvalue weighted by Gasteiger charge is 2.36. The van der Waals surface area contributed by atoms with Gasteiger partial charge in [-0.3, -0.25) is 0 Å². The molecule has 0 aliphatic carbocycles. The van der Waals surface area contributed by atoms with Crippen LogP contribution >= 0.6 is 15.9 Å². The normalized spacial score (nSPS) is 12.2. The number of hydrogen-bond donors (Lipinski definition) is 1. The smallest absolute Gasteiger partial charge is 0.398 e. The van der Waals surface area contributed by atoms with Crippen LogP contribution in [-0.4, -0.2) is 4.98 Å². The number of alkyl halides is 3. The number of hydrogen-bond acceptors (Lipinski definition) is 2. The van der Waals surface area contributed by atoms with E-state index < -0.39 is 11.9 Å². The molecule has 19 heavy (non-hydrogen) atoms. The molecule has 0 atom stereocenters. The lowest BCUT2D eigenvalue weighted by molar-refractivity contribution is -0.141. The molecule has 102 valence electrons. The first-order chi connectivity index (χ1) is 8.64. The fraction of sp³-hybridized carbons (Fsp3) is 0.308. The highest BCUT2D eigenvalue weighted by molar-refractivity contribution is 9.10. The molecule has 0 aliphatic heterocycles. The number of fused-ring (bicyclic) bond motifs is 1. The molecule has 6 heteroatoms. The summed E-state index contributed by atoms with van der Waals surface area (Å²) in [6.07, 6.45) is -4.50. The maximum atomic E-state index is 12.9. The predicted octanol–water partition coefficient (Wildman–Crippen LogP) is 4.52. The number of benzene rings is 1. The fourth-order valence-corrected chi connectivity index (χ4v) is 2.47. The van der Waals surface area contributed by atoms with Crippen molar-refractivity contribution >= 4 is 32.5 Å². The molecule has 1 aromatic carbocycles. The molecular formula is C13H12BrF3N2. The number of rotatable bonds is 0. The number of nitrogen functional groups attached to an aromatic ring is 1. The van der Waals surface area contributed by atoms with Gasteiger partial charge in [0.25, 0.3) is 0 Å². The van der Waals surface area contributed by atoms with E-state index in [0.29, 0.717) is 5.39 Å². The summed E-state index contributed by atoms with van der Waals surface area (Å²) < 4.78 is 39.6. The van der Waals surface area contributed by atoms with Gasteiger partial charge in [-0.25, -0.2) is 4.98 Å². The van der Waals surface area contributed by atoms with E-state index in [4.69, 9.17) is 5.73 Å². The Balaban J connectivity index is 2.97. The monoisotopic (exact) mass is 332 g/mol. The number of nitrogens with zero attached hydrogens (tertiary/aromatic N) is 1. The minimum Gasteiger partial charge on any atom is -0.398 e. The summed E-state index contributed by atoms with van der Waals surface area (Å²) in [5.74, 6) is 0. The first-order valence-corrected chi connectivity index (χ1v) is 6.36. The topological polar surface area (TPSA) is 38.9 Å². The van der Waals surface area contributed by atoms with Crippen LogP contribution in [0.3, 0.4) is 0 Å². The molecule has 1 heterocycles. The van der Waals surface area contributed by atoms with Crippen LogP contribution in [0.5, 0.6) is 0 Å². The van der Waals surface area contributed by atoms with Gasteiger partial charge >= 0.3 is 6.18 Å². The van der Waals surface area contributed by atoms with E-state index in [1.165, 1.54) is 6.92 Å². The average Bonchev–Trinajstić information content (AvgIpc) is 2.29. The SMILES string of the molecule is Cc1cc2nc(C(F)(F)F)c(C)c(N)c2c(C)c1Br. The summed E-state index contributed by atoms with van der Waals surface area (Å²) in [5.41, 5.74) is 6.96. The molecule has 2 rings (SSSR count). The quantitative estimate of drug-likeness (QED) is 0.770. The zero-order valence-electron chi connectivity index (χ0n) is 10.6. The Kier molecular flexibility index (Phi) is 3.24. The molecule has 0 aliphatic rings. The maximum absolute atomic E-state index is 12.9. The van der Waals surface area contributed by atoms with Crippen LogP contribution in [0.15, 0.2) is 10.5 Å². The van der Waals surface area contributed by atoms with E-state index in [9.17, 15) is 13.2 Å². The summed E-state index contributed by atoms with van der Waals surface area (Å²) in [4.78, 5) is 3.74. The molecule has 0 fully saturated rings. The molecule has 0 amide bonds. The lowest BCUT2D eigenvalue weighted by Gasteiger charge is -2.16. The van der Waals surface area contributed by atoms with Gasteiger partial charge in [-0.1, -0.05) is 15.9 Å². The second-order valence-corrected chi connectivity index (χ2v) is 5.32. The summed E-state index contributed by atoms with van der Waals surface area (Å²) in [5, 5.41) is 0.572. The van der Waals surface area contributed by atoms with Crippen LogP contribution in [-0.2, 0) is 6.18 Å². The largest absolute Gasteiger partial charge is 0.433 e.